The van der Waals surface area contributed by atoms with Crippen molar-refractivity contribution in [2.75, 3.05) is 37.4 Å². The number of ether oxygens (including phenoxy) is 1. The minimum atomic E-state index is -0.125. The molecule has 2 aliphatic rings. The van der Waals surface area contributed by atoms with Crippen molar-refractivity contribution < 1.29 is 9.53 Å². The number of nitrogens with two attached hydrogens (primary N) is 2. The minimum absolute atomic E-state index is 0.0466. The molecule has 3 aromatic rings. The number of amides is 1. The van der Waals surface area contributed by atoms with Crippen molar-refractivity contribution in [1.29, 1.82) is 0 Å². The lowest BCUT2D eigenvalue weighted by Crippen LogP contribution is -2.41. The summed E-state index contributed by atoms with van der Waals surface area (Å²) in [5.41, 5.74) is 16.3. The van der Waals surface area contributed by atoms with Crippen LogP contribution in [0.15, 0.2) is 24.3 Å². The molecule has 0 saturated carbocycles. The Morgan fingerprint density at radius 2 is 2.15 bits per heavy atom. The quantitative estimate of drug-likeness (QED) is 0.514. The smallest absolute Gasteiger partial charge is 0.263 e. The number of aryl methyl sites for hydroxylation is 2. The number of anilines is 2. The van der Waals surface area contributed by atoms with Crippen LogP contribution in [0, 0.1) is 12.3 Å². The highest BCUT2D eigenvalue weighted by molar-refractivity contribution is 7.21. The number of pyridine rings is 2. The summed E-state index contributed by atoms with van der Waals surface area (Å²) in [5.74, 6) is 0.844. The first-order valence-corrected chi connectivity index (χ1v) is 12.5. The summed E-state index contributed by atoms with van der Waals surface area (Å²) >= 11 is 1.35. The number of rotatable bonds is 5. The Labute approximate surface area is 203 Å². The summed E-state index contributed by atoms with van der Waals surface area (Å²) in [6.07, 6.45) is 2.43. The first-order valence-electron chi connectivity index (χ1n) is 11.7. The number of nitrogens with one attached hydrogen (secondary N) is 1. The first-order chi connectivity index (χ1) is 16.3. The molecule has 4 heterocycles. The number of carbonyl (C=O) groups excluding carboxylic acids is 1. The normalized spacial score (nSPS) is 24.4. The number of fused-ring (bicyclic) bond motifs is 2. The average Bonchev–Trinajstić information content (AvgIpc) is 3.29. The molecule has 3 atom stereocenters. The monoisotopic (exact) mass is 480 g/mol. The van der Waals surface area contributed by atoms with Gasteiger partial charge in [0, 0.05) is 54.5 Å². The lowest BCUT2D eigenvalue weighted by molar-refractivity contribution is 0.0938. The average molecular weight is 481 g/mol. The van der Waals surface area contributed by atoms with Crippen LogP contribution in [0.25, 0.3) is 10.2 Å². The molecule has 0 bridgehead atoms. The van der Waals surface area contributed by atoms with Crippen LogP contribution in [-0.2, 0) is 17.6 Å². The Morgan fingerprint density at radius 1 is 1.32 bits per heavy atom. The first kappa shape index (κ1) is 23.0. The molecule has 180 valence electrons. The van der Waals surface area contributed by atoms with E-state index in [2.05, 4.69) is 34.3 Å². The molecule has 1 saturated heterocycles. The van der Waals surface area contributed by atoms with Gasteiger partial charge in [0.2, 0.25) is 0 Å². The van der Waals surface area contributed by atoms with Gasteiger partial charge in [-0.15, -0.1) is 11.3 Å². The van der Waals surface area contributed by atoms with E-state index in [-0.39, 0.29) is 23.4 Å². The fourth-order valence-electron chi connectivity index (χ4n) is 5.14. The van der Waals surface area contributed by atoms with Gasteiger partial charge in [-0.3, -0.25) is 4.79 Å². The van der Waals surface area contributed by atoms with E-state index < -0.39 is 0 Å². The van der Waals surface area contributed by atoms with Crippen molar-refractivity contribution in [1.82, 2.24) is 15.3 Å². The van der Waals surface area contributed by atoms with E-state index in [0.717, 1.165) is 59.8 Å². The molecule has 34 heavy (non-hydrogen) atoms. The number of aromatic nitrogens is 2. The van der Waals surface area contributed by atoms with E-state index >= 15 is 0 Å². The van der Waals surface area contributed by atoms with Crippen molar-refractivity contribution in [2.45, 2.75) is 45.2 Å². The molecule has 1 fully saturated rings. The molecule has 5 N–H and O–H groups in total. The highest BCUT2D eigenvalue weighted by atomic mass is 32.1. The molecule has 0 aromatic carbocycles. The van der Waals surface area contributed by atoms with Crippen LogP contribution in [0.1, 0.15) is 40.0 Å². The van der Waals surface area contributed by atoms with Crippen molar-refractivity contribution >= 4 is 39.0 Å². The number of nitrogen functional groups attached to an aromatic ring is 1. The number of nitrogens with zero attached hydrogens (tertiary/aromatic N) is 3. The van der Waals surface area contributed by atoms with Gasteiger partial charge in [-0.1, -0.05) is 13.0 Å². The number of hydrogen-bond acceptors (Lipinski definition) is 8. The van der Waals surface area contributed by atoms with Crippen molar-refractivity contribution in [3.8, 4) is 0 Å². The van der Waals surface area contributed by atoms with Crippen LogP contribution < -0.4 is 21.7 Å². The van der Waals surface area contributed by atoms with Gasteiger partial charge >= 0.3 is 0 Å². The van der Waals surface area contributed by atoms with Gasteiger partial charge in [0.15, 0.2) is 0 Å². The molecule has 9 heteroatoms. The molecule has 1 amide bonds. The predicted molar refractivity (Wildman–Crippen MR) is 136 cm³/mol. The molecule has 5 rings (SSSR count). The topological polar surface area (TPSA) is 119 Å². The van der Waals surface area contributed by atoms with Gasteiger partial charge in [-0.2, -0.15) is 0 Å². The number of carbonyl (C=O) groups is 1. The summed E-state index contributed by atoms with van der Waals surface area (Å²) in [7, 11) is 1.72. The highest BCUT2D eigenvalue weighted by Gasteiger charge is 2.41. The third kappa shape index (κ3) is 4.12. The Hall–Kier alpha value is -2.75. The zero-order valence-electron chi connectivity index (χ0n) is 19.9. The van der Waals surface area contributed by atoms with Crippen LogP contribution in [0.3, 0.4) is 0 Å². The largest absolute Gasteiger partial charge is 0.397 e. The fourth-order valence-corrected chi connectivity index (χ4v) is 6.18. The van der Waals surface area contributed by atoms with Gasteiger partial charge in [0.25, 0.3) is 5.91 Å². The maximum atomic E-state index is 13.0. The SMILES string of the molecule is COC[C@]1(C)CN(c2ccc3c(n2)CC[C@H](NC(=O)c2sc4nc(C)ccc4c2N)C3)C[C@H]1N. The third-order valence-corrected chi connectivity index (χ3v) is 8.30. The summed E-state index contributed by atoms with van der Waals surface area (Å²) in [6, 6.07) is 8.17. The molecule has 0 radical (unpaired) electrons. The minimum Gasteiger partial charge on any atom is -0.397 e. The summed E-state index contributed by atoms with van der Waals surface area (Å²) in [4.78, 5) is 26.1. The highest BCUT2D eigenvalue weighted by Crippen LogP contribution is 2.34. The molecular weight excluding hydrogens is 448 g/mol. The van der Waals surface area contributed by atoms with E-state index in [0.29, 0.717) is 17.2 Å². The molecule has 1 aliphatic heterocycles. The van der Waals surface area contributed by atoms with Gasteiger partial charge in [0.1, 0.15) is 15.5 Å². The second-order valence-corrected chi connectivity index (χ2v) is 10.9. The van der Waals surface area contributed by atoms with Gasteiger partial charge < -0.3 is 26.4 Å². The lowest BCUT2D eigenvalue weighted by Gasteiger charge is -2.28. The molecule has 8 nitrogen and oxygen atoms in total. The maximum absolute atomic E-state index is 13.0. The number of thiophene rings is 1. The fraction of sp³-hybridized carbons (Fsp3) is 0.480. The van der Waals surface area contributed by atoms with E-state index in [1.165, 1.54) is 16.9 Å². The lowest BCUT2D eigenvalue weighted by atomic mass is 9.87. The number of methoxy groups -OCH3 is 1. The maximum Gasteiger partial charge on any atom is 0.263 e. The second-order valence-electron chi connectivity index (χ2n) is 9.91. The zero-order chi connectivity index (χ0) is 24.0. The number of hydrogen-bond donors (Lipinski definition) is 3. The van der Waals surface area contributed by atoms with Crippen molar-refractivity contribution in [3.63, 3.8) is 0 Å². The van der Waals surface area contributed by atoms with Crippen molar-refractivity contribution in [3.05, 3.63) is 46.1 Å². The van der Waals surface area contributed by atoms with Crippen LogP contribution in [0.2, 0.25) is 0 Å². The molecule has 0 spiro atoms. The van der Waals surface area contributed by atoms with Gasteiger partial charge in [0.05, 0.1) is 12.3 Å². The van der Waals surface area contributed by atoms with Crippen LogP contribution >= 0.6 is 11.3 Å². The van der Waals surface area contributed by atoms with E-state index in [1.54, 1.807) is 7.11 Å². The van der Waals surface area contributed by atoms with Gasteiger partial charge in [-0.25, -0.2) is 9.97 Å². The summed E-state index contributed by atoms with van der Waals surface area (Å²) < 4.78 is 5.41. The predicted octanol–water partition coefficient (Wildman–Crippen LogP) is 2.67. The second kappa shape index (κ2) is 8.79. The van der Waals surface area contributed by atoms with Crippen molar-refractivity contribution in [2.24, 2.45) is 11.1 Å². The van der Waals surface area contributed by atoms with Crippen LogP contribution in [-0.4, -0.2) is 54.8 Å². The van der Waals surface area contributed by atoms with Gasteiger partial charge in [-0.05, 0) is 49.9 Å². The van der Waals surface area contributed by atoms with E-state index in [9.17, 15) is 4.79 Å². The van der Waals surface area contributed by atoms with E-state index in [1.807, 2.05) is 19.1 Å². The molecule has 3 aromatic heterocycles. The van der Waals surface area contributed by atoms with E-state index in [4.69, 9.17) is 21.2 Å². The standard InChI is InChI=1S/C25H32N6O2S/c1-14-4-7-17-21(27)22(34-24(17)28-14)23(32)29-16-6-8-18-15(10-16)5-9-20(30-18)31-11-19(26)25(2,12-31)13-33-3/h4-5,7,9,16,19H,6,8,10-13,26-27H2,1-3H3,(H,29,32)/t16-,19+,25-/m0/s1. The Bertz CT molecular complexity index is 1240. The van der Waals surface area contributed by atoms with Crippen LogP contribution in [0.5, 0.6) is 0 Å². The van der Waals surface area contributed by atoms with Crippen LogP contribution in [0.4, 0.5) is 11.5 Å². The Kier molecular flexibility index (Phi) is 5.95. The zero-order valence-corrected chi connectivity index (χ0v) is 20.7. The summed E-state index contributed by atoms with van der Waals surface area (Å²) in [5, 5.41) is 4.03. The molecule has 0 unspecified atom stereocenters. The third-order valence-electron chi connectivity index (χ3n) is 7.19. The molecular formula is C25H32N6O2S. The molecule has 1 aliphatic carbocycles. The Balaban J connectivity index is 1.27. The summed E-state index contributed by atoms with van der Waals surface area (Å²) in [6.45, 7) is 6.35. The Morgan fingerprint density at radius 3 is 2.94 bits per heavy atom.